The Bertz CT molecular complexity index is 1170. The van der Waals surface area contributed by atoms with Crippen molar-refractivity contribution in [3.8, 4) is 28.4 Å². The number of phenolic OH excluding ortho intramolecular Hbond substituents is 1. The van der Waals surface area contributed by atoms with E-state index in [1.165, 1.54) is 6.42 Å². The molecule has 4 rings (SSSR count). The molecule has 0 atom stereocenters. The molecule has 0 radical (unpaired) electrons. The first-order chi connectivity index (χ1) is 20.3. The number of phenols is 1. The number of benzene rings is 3. The molecule has 3 aromatic rings. The van der Waals surface area contributed by atoms with Crippen LogP contribution < -0.4 is 9.47 Å². The van der Waals surface area contributed by atoms with E-state index in [9.17, 15) is 5.11 Å². The van der Waals surface area contributed by atoms with Gasteiger partial charge >= 0.3 is 0 Å². The van der Waals surface area contributed by atoms with Gasteiger partial charge in [-0.05, 0) is 60.6 Å². The maximum absolute atomic E-state index is 10.6. The van der Waals surface area contributed by atoms with Gasteiger partial charge in [-0.15, -0.1) is 0 Å². The van der Waals surface area contributed by atoms with Crippen molar-refractivity contribution in [2.45, 2.75) is 40.7 Å². The molecule has 1 fully saturated rings. The molecule has 1 heterocycles. The summed E-state index contributed by atoms with van der Waals surface area (Å²) in [5, 5.41) is 10.6. The van der Waals surface area contributed by atoms with Gasteiger partial charge in [0.1, 0.15) is 17.2 Å². The van der Waals surface area contributed by atoms with E-state index in [1.54, 1.807) is 14.2 Å². The van der Waals surface area contributed by atoms with Gasteiger partial charge in [0.25, 0.3) is 0 Å². The van der Waals surface area contributed by atoms with E-state index < -0.39 is 0 Å². The molecule has 0 bridgehead atoms. The van der Waals surface area contributed by atoms with E-state index in [0.29, 0.717) is 5.75 Å². The highest BCUT2D eigenvalue weighted by atomic mass is 16.5. The highest BCUT2D eigenvalue weighted by Crippen LogP contribution is 2.30. The predicted octanol–water partition coefficient (Wildman–Crippen LogP) is 7.37. The molecular formula is C36H53N3O3. The maximum Gasteiger partial charge on any atom is 0.123 e. The summed E-state index contributed by atoms with van der Waals surface area (Å²) in [7, 11) is 7.68. The Labute approximate surface area is 255 Å². The van der Waals surface area contributed by atoms with Crippen LogP contribution in [0, 0.1) is 0 Å². The van der Waals surface area contributed by atoms with Gasteiger partial charge in [-0.1, -0.05) is 76.6 Å². The monoisotopic (exact) mass is 575 g/mol. The summed E-state index contributed by atoms with van der Waals surface area (Å²) in [4.78, 5) is 7.20. The molecule has 230 valence electrons. The van der Waals surface area contributed by atoms with Crippen LogP contribution in [0.1, 0.15) is 50.8 Å². The van der Waals surface area contributed by atoms with E-state index in [0.717, 1.165) is 85.1 Å². The smallest absolute Gasteiger partial charge is 0.123 e. The van der Waals surface area contributed by atoms with Gasteiger partial charge in [0.2, 0.25) is 0 Å². The van der Waals surface area contributed by atoms with Crippen molar-refractivity contribution in [3.63, 3.8) is 0 Å². The second kappa shape index (κ2) is 19.0. The molecule has 6 heteroatoms. The molecule has 3 aromatic carbocycles. The second-order valence-electron chi connectivity index (χ2n) is 10.5. The van der Waals surface area contributed by atoms with Gasteiger partial charge in [-0.25, -0.2) is 0 Å². The van der Waals surface area contributed by atoms with E-state index in [2.05, 4.69) is 85.1 Å². The predicted molar refractivity (Wildman–Crippen MR) is 180 cm³/mol. The fraction of sp³-hybridized carbons (Fsp3) is 0.444. The lowest BCUT2D eigenvalue weighted by Crippen LogP contribution is -2.34. The first-order valence-electron chi connectivity index (χ1n) is 15.3. The van der Waals surface area contributed by atoms with E-state index >= 15 is 0 Å². The van der Waals surface area contributed by atoms with E-state index in [4.69, 9.17) is 9.47 Å². The fourth-order valence-electron chi connectivity index (χ4n) is 4.49. The van der Waals surface area contributed by atoms with Crippen LogP contribution in [-0.2, 0) is 6.54 Å². The molecule has 42 heavy (non-hydrogen) atoms. The summed E-state index contributed by atoms with van der Waals surface area (Å²) in [6.45, 7) is 15.2. The Morgan fingerprint density at radius 2 is 1.14 bits per heavy atom. The third kappa shape index (κ3) is 11.5. The Balaban J connectivity index is 0.00000116. The third-order valence-corrected chi connectivity index (χ3v) is 7.02. The minimum atomic E-state index is 0.358. The molecule has 0 amide bonds. The van der Waals surface area contributed by atoms with Crippen LogP contribution in [0.4, 0.5) is 0 Å². The Kier molecular flexibility index (Phi) is 15.8. The summed E-state index contributed by atoms with van der Waals surface area (Å²) in [5.41, 5.74) is 5.30. The van der Waals surface area contributed by atoms with Crippen molar-refractivity contribution in [1.29, 1.82) is 0 Å². The van der Waals surface area contributed by atoms with Gasteiger partial charge in [-0.3, -0.25) is 4.90 Å². The Hall–Kier alpha value is -3.32. The quantitative estimate of drug-likeness (QED) is 0.297. The minimum absolute atomic E-state index is 0.358. The summed E-state index contributed by atoms with van der Waals surface area (Å²) in [6.07, 6.45) is 5.46. The highest BCUT2D eigenvalue weighted by Gasteiger charge is 2.14. The SMILES string of the molecule is CC.CCC.COc1cc(OC)cc(-c2ccc(/C=C/c3ccc(O)c(CN4CCN(C)CCN(C)CC4)c3)cc2)c1. The standard InChI is InChI=1S/C31H39N3O3.C3H8.C2H6/c1-32-13-14-33(2)16-18-34(17-15-32)23-28-19-25(9-12-31(28)35)6-5-24-7-10-26(11-8-24)27-20-29(36-3)22-30(21-27)37-4;1-3-2;1-2/h5-12,19-22,35H,13-18,23H2,1-4H3;3H2,1-2H3;1-2H3/b6-5+;;. The number of aromatic hydroxyl groups is 1. The summed E-state index contributed by atoms with van der Waals surface area (Å²) in [5.74, 6) is 1.90. The number of methoxy groups -OCH3 is 2. The van der Waals surface area contributed by atoms with Gasteiger partial charge in [-0.2, -0.15) is 0 Å². The first-order valence-corrected chi connectivity index (χ1v) is 15.3. The van der Waals surface area contributed by atoms with Crippen molar-refractivity contribution < 1.29 is 14.6 Å². The molecule has 0 unspecified atom stereocenters. The van der Waals surface area contributed by atoms with Crippen LogP contribution in [0.15, 0.2) is 60.7 Å². The van der Waals surface area contributed by atoms with Crippen molar-refractivity contribution >= 4 is 12.2 Å². The average molecular weight is 576 g/mol. The molecule has 0 saturated carbocycles. The van der Waals surface area contributed by atoms with Gasteiger partial charge < -0.3 is 24.4 Å². The lowest BCUT2D eigenvalue weighted by Gasteiger charge is -2.24. The fourth-order valence-corrected chi connectivity index (χ4v) is 4.49. The largest absolute Gasteiger partial charge is 0.508 e. The van der Waals surface area contributed by atoms with Crippen LogP contribution in [0.5, 0.6) is 17.2 Å². The summed E-state index contributed by atoms with van der Waals surface area (Å²) >= 11 is 0. The number of hydrogen-bond donors (Lipinski definition) is 1. The number of hydrogen-bond acceptors (Lipinski definition) is 6. The molecule has 0 aliphatic carbocycles. The third-order valence-electron chi connectivity index (χ3n) is 7.02. The average Bonchev–Trinajstić information content (AvgIpc) is 3.09. The molecule has 1 saturated heterocycles. The second-order valence-corrected chi connectivity index (χ2v) is 10.5. The van der Waals surface area contributed by atoms with Crippen LogP contribution in [-0.4, -0.2) is 87.4 Å². The maximum atomic E-state index is 10.6. The minimum Gasteiger partial charge on any atom is -0.508 e. The molecule has 1 N–H and O–H groups in total. The van der Waals surface area contributed by atoms with E-state index in [-0.39, 0.29) is 0 Å². The molecule has 6 nitrogen and oxygen atoms in total. The van der Waals surface area contributed by atoms with Crippen molar-refractivity contribution in [2.75, 3.05) is 67.6 Å². The molecule has 0 aromatic heterocycles. The zero-order valence-electron chi connectivity index (χ0n) is 27.2. The van der Waals surface area contributed by atoms with Crippen LogP contribution in [0.25, 0.3) is 23.3 Å². The topological polar surface area (TPSA) is 48.4 Å². The van der Waals surface area contributed by atoms with Gasteiger partial charge in [0.15, 0.2) is 0 Å². The van der Waals surface area contributed by atoms with E-state index in [1.807, 2.05) is 44.2 Å². The molecule has 1 aliphatic rings. The zero-order chi connectivity index (χ0) is 30.9. The lowest BCUT2D eigenvalue weighted by atomic mass is 10.0. The van der Waals surface area contributed by atoms with Gasteiger partial charge in [0.05, 0.1) is 14.2 Å². The first kappa shape index (κ1) is 34.9. The molecular weight excluding hydrogens is 522 g/mol. The van der Waals surface area contributed by atoms with Crippen LogP contribution in [0.2, 0.25) is 0 Å². The zero-order valence-corrected chi connectivity index (χ0v) is 27.2. The number of nitrogens with zero attached hydrogens (tertiary/aromatic N) is 3. The molecule has 1 aliphatic heterocycles. The van der Waals surface area contributed by atoms with Crippen molar-refractivity contribution in [1.82, 2.24) is 14.7 Å². The summed E-state index contributed by atoms with van der Waals surface area (Å²) < 4.78 is 10.8. The number of ether oxygens (including phenoxy) is 2. The lowest BCUT2D eigenvalue weighted by molar-refractivity contribution is 0.226. The van der Waals surface area contributed by atoms with Crippen LogP contribution in [0.3, 0.4) is 0 Å². The highest BCUT2D eigenvalue weighted by molar-refractivity contribution is 5.73. The number of likely N-dealkylation sites (N-methyl/N-ethyl adjacent to an activating group) is 2. The summed E-state index contributed by atoms with van der Waals surface area (Å²) in [6, 6.07) is 20.2. The van der Waals surface area contributed by atoms with Crippen molar-refractivity contribution in [2.24, 2.45) is 0 Å². The Morgan fingerprint density at radius 1 is 0.667 bits per heavy atom. The van der Waals surface area contributed by atoms with Gasteiger partial charge in [0, 0.05) is 57.4 Å². The van der Waals surface area contributed by atoms with Crippen LogP contribution >= 0.6 is 0 Å². The number of rotatable bonds is 7. The Morgan fingerprint density at radius 3 is 1.67 bits per heavy atom. The molecule has 0 spiro atoms. The normalized spacial score (nSPS) is 15.0. The van der Waals surface area contributed by atoms with Crippen molar-refractivity contribution in [3.05, 3.63) is 77.4 Å².